The number of aliphatic hydroxyl groups excluding tert-OH is 1. The Hall–Kier alpha value is -0.810. The van der Waals surface area contributed by atoms with E-state index in [4.69, 9.17) is 4.74 Å². The van der Waals surface area contributed by atoms with Gasteiger partial charge < -0.3 is 19.8 Å². The van der Waals surface area contributed by atoms with Crippen molar-refractivity contribution in [1.82, 2.24) is 4.90 Å². The molecule has 5 heteroatoms. The highest BCUT2D eigenvalue weighted by atomic mass is 16.6. The number of hydrogen-bond acceptors (Lipinski definition) is 4. The first-order chi connectivity index (χ1) is 8.13. The minimum absolute atomic E-state index is 0.0210. The van der Waals surface area contributed by atoms with Gasteiger partial charge in [-0.25, -0.2) is 4.79 Å². The van der Waals surface area contributed by atoms with Gasteiger partial charge in [-0.3, -0.25) is 0 Å². The van der Waals surface area contributed by atoms with E-state index in [9.17, 15) is 15.0 Å². The molecule has 1 aliphatic carbocycles. The van der Waals surface area contributed by atoms with Crippen molar-refractivity contribution in [2.45, 2.75) is 45.3 Å². The number of amides is 1. The van der Waals surface area contributed by atoms with E-state index >= 15 is 0 Å². The molecule has 0 aromatic carbocycles. The second-order valence-electron chi connectivity index (χ2n) is 6.79. The van der Waals surface area contributed by atoms with Crippen molar-refractivity contribution in [3.63, 3.8) is 0 Å². The van der Waals surface area contributed by atoms with E-state index < -0.39 is 22.7 Å². The minimum Gasteiger partial charge on any atom is -0.444 e. The monoisotopic (exact) mass is 257 g/mol. The predicted octanol–water partition coefficient (Wildman–Crippen LogP) is 0.987. The lowest BCUT2D eigenvalue weighted by molar-refractivity contribution is -0.155. The Morgan fingerprint density at radius 1 is 1.44 bits per heavy atom. The third-order valence-corrected chi connectivity index (χ3v) is 4.22. The molecule has 2 aliphatic rings. The van der Waals surface area contributed by atoms with Crippen LogP contribution in [0.1, 0.15) is 34.1 Å². The van der Waals surface area contributed by atoms with Crippen LogP contribution in [0.5, 0.6) is 0 Å². The number of carbonyl (C=O) groups is 1. The molecule has 0 spiro atoms. The molecule has 2 atom stereocenters. The summed E-state index contributed by atoms with van der Waals surface area (Å²) in [5.74, 6) is 0.313. The van der Waals surface area contributed by atoms with Gasteiger partial charge >= 0.3 is 6.09 Å². The van der Waals surface area contributed by atoms with Crippen molar-refractivity contribution in [3.05, 3.63) is 0 Å². The molecule has 1 heterocycles. The molecule has 18 heavy (non-hydrogen) atoms. The Labute approximate surface area is 108 Å². The summed E-state index contributed by atoms with van der Waals surface area (Å²) in [4.78, 5) is 13.3. The molecular formula is C13H23NO4. The van der Waals surface area contributed by atoms with Gasteiger partial charge in [0.25, 0.3) is 0 Å². The topological polar surface area (TPSA) is 70.0 Å². The molecule has 1 saturated carbocycles. The van der Waals surface area contributed by atoms with Crippen molar-refractivity contribution in [2.75, 3.05) is 19.7 Å². The average molecular weight is 257 g/mol. The number of aliphatic hydroxyl groups is 2. The quantitative estimate of drug-likeness (QED) is 0.774. The van der Waals surface area contributed by atoms with E-state index in [0.29, 0.717) is 5.92 Å². The van der Waals surface area contributed by atoms with E-state index in [1.54, 1.807) is 0 Å². The van der Waals surface area contributed by atoms with Gasteiger partial charge in [0, 0.05) is 5.41 Å². The van der Waals surface area contributed by atoms with Crippen molar-refractivity contribution >= 4 is 6.09 Å². The van der Waals surface area contributed by atoms with Gasteiger partial charge in [-0.2, -0.15) is 0 Å². The molecule has 0 radical (unpaired) electrons. The van der Waals surface area contributed by atoms with E-state index in [1.165, 1.54) is 4.90 Å². The fraction of sp³-hybridized carbons (Fsp3) is 0.923. The number of likely N-dealkylation sites (tertiary alicyclic amines) is 1. The molecule has 1 amide bonds. The summed E-state index contributed by atoms with van der Waals surface area (Å²) in [5.41, 5.74) is -1.88. The summed E-state index contributed by atoms with van der Waals surface area (Å²) in [5, 5.41) is 19.9. The van der Waals surface area contributed by atoms with Crippen LogP contribution in [0.2, 0.25) is 0 Å². The zero-order chi connectivity index (χ0) is 13.8. The molecule has 0 aromatic rings. The van der Waals surface area contributed by atoms with Crippen molar-refractivity contribution in [1.29, 1.82) is 0 Å². The fourth-order valence-electron chi connectivity index (χ4n) is 2.86. The third kappa shape index (κ3) is 1.99. The van der Waals surface area contributed by atoms with Crippen LogP contribution >= 0.6 is 0 Å². The maximum absolute atomic E-state index is 11.8. The Kier molecular flexibility index (Phi) is 2.91. The van der Waals surface area contributed by atoms with E-state index in [1.807, 2.05) is 27.7 Å². The number of ether oxygens (including phenoxy) is 1. The molecule has 1 aliphatic heterocycles. The second kappa shape index (κ2) is 3.84. The molecule has 1 saturated heterocycles. The van der Waals surface area contributed by atoms with Crippen LogP contribution in [0.15, 0.2) is 0 Å². The van der Waals surface area contributed by atoms with Crippen LogP contribution in [0, 0.1) is 11.3 Å². The number of rotatable bonds is 2. The summed E-state index contributed by atoms with van der Waals surface area (Å²) < 4.78 is 5.24. The molecule has 2 rings (SSSR count). The van der Waals surface area contributed by atoms with Gasteiger partial charge in [0.15, 0.2) is 0 Å². The van der Waals surface area contributed by atoms with Crippen LogP contribution in [0.25, 0.3) is 0 Å². The Balaban J connectivity index is 1.92. The Morgan fingerprint density at radius 2 is 1.94 bits per heavy atom. The highest BCUT2D eigenvalue weighted by molar-refractivity contribution is 5.70. The predicted molar refractivity (Wildman–Crippen MR) is 66.1 cm³/mol. The summed E-state index contributed by atoms with van der Waals surface area (Å²) in [6.45, 7) is 7.95. The largest absolute Gasteiger partial charge is 0.444 e. The molecule has 5 nitrogen and oxygen atoms in total. The summed E-state index contributed by atoms with van der Waals surface area (Å²) in [6, 6.07) is 0. The van der Waals surface area contributed by atoms with Gasteiger partial charge in [0.2, 0.25) is 0 Å². The van der Waals surface area contributed by atoms with Crippen LogP contribution in [0.3, 0.4) is 0 Å². The van der Waals surface area contributed by atoms with Crippen LogP contribution in [0.4, 0.5) is 4.79 Å². The summed E-state index contributed by atoms with van der Waals surface area (Å²) >= 11 is 0. The SMILES string of the molecule is CC1CC1(CO)C1(O)CN(C(=O)OC(C)(C)C)C1. The zero-order valence-electron chi connectivity index (χ0n) is 11.6. The highest BCUT2D eigenvalue weighted by Crippen LogP contribution is 2.61. The van der Waals surface area contributed by atoms with Crippen molar-refractivity contribution in [2.24, 2.45) is 11.3 Å². The fourth-order valence-corrected chi connectivity index (χ4v) is 2.86. The molecular weight excluding hydrogens is 234 g/mol. The lowest BCUT2D eigenvalue weighted by Crippen LogP contribution is -2.69. The molecule has 2 fully saturated rings. The van der Waals surface area contributed by atoms with Gasteiger partial charge in [-0.05, 0) is 33.1 Å². The number of carbonyl (C=O) groups excluding carboxylic acids is 1. The Morgan fingerprint density at radius 3 is 2.28 bits per heavy atom. The van der Waals surface area contributed by atoms with Crippen molar-refractivity contribution in [3.8, 4) is 0 Å². The van der Waals surface area contributed by atoms with Gasteiger partial charge in [0.05, 0.1) is 19.7 Å². The number of hydrogen-bond donors (Lipinski definition) is 2. The van der Waals surface area contributed by atoms with Crippen molar-refractivity contribution < 1.29 is 19.7 Å². The maximum atomic E-state index is 11.8. The van der Waals surface area contributed by atoms with E-state index in [-0.39, 0.29) is 19.7 Å². The Bertz CT molecular complexity index is 352. The standard InChI is InChI=1S/C13H23NO4/c1-9-5-12(9,8-15)13(17)6-14(7-13)10(16)18-11(2,3)4/h9,15,17H,5-8H2,1-4H3. The third-order valence-electron chi connectivity index (χ3n) is 4.22. The molecule has 0 bridgehead atoms. The van der Waals surface area contributed by atoms with Crippen LogP contribution in [-0.2, 0) is 4.74 Å². The normalized spacial score (nSPS) is 33.9. The van der Waals surface area contributed by atoms with Gasteiger partial charge in [0.1, 0.15) is 11.2 Å². The molecule has 2 N–H and O–H groups in total. The first-order valence-electron chi connectivity index (χ1n) is 6.45. The molecule has 104 valence electrons. The molecule has 2 unspecified atom stereocenters. The second-order valence-corrected chi connectivity index (χ2v) is 6.79. The summed E-state index contributed by atoms with van der Waals surface area (Å²) in [6.07, 6.45) is 0.427. The smallest absolute Gasteiger partial charge is 0.410 e. The average Bonchev–Trinajstić information content (AvgIpc) is 2.83. The van der Waals surface area contributed by atoms with Crippen LogP contribution < -0.4 is 0 Å². The van der Waals surface area contributed by atoms with E-state index in [0.717, 1.165) is 6.42 Å². The number of β-amino-alcohol motifs (C(OH)–C–C–N with tert-alkyl or cyclic N) is 1. The molecule has 0 aromatic heterocycles. The highest BCUT2D eigenvalue weighted by Gasteiger charge is 2.68. The summed E-state index contributed by atoms with van der Waals surface area (Å²) in [7, 11) is 0. The first kappa shape index (κ1) is 13.6. The van der Waals surface area contributed by atoms with Gasteiger partial charge in [-0.1, -0.05) is 6.92 Å². The van der Waals surface area contributed by atoms with E-state index in [2.05, 4.69) is 0 Å². The van der Waals surface area contributed by atoms with Gasteiger partial charge in [-0.15, -0.1) is 0 Å². The maximum Gasteiger partial charge on any atom is 0.410 e. The minimum atomic E-state index is -0.946. The number of nitrogens with zero attached hydrogens (tertiary/aromatic N) is 1. The first-order valence-corrected chi connectivity index (χ1v) is 6.45. The lowest BCUT2D eigenvalue weighted by Gasteiger charge is -2.51. The zero-order valence-corrected chi connectivity index (χ0v) is 11.6. The van der Waals surface area contributed by atoms with Crippen LogP contribution in [-0.4, -0.2) is 52.1 Å². The lowest BCUT2D eigenvalue weighted by atomic mass is 9.77.